The minimum Gasteiger partial charge on any atom is -0.477 e. The molecule has 2 aromatic heterocycles. The molecule has 2 heterocycles. The van der Waals surface area contributed by atoms with Gasteiger partial charge in [0.2, 0.25) is 5.28 Å². The molecule has 84 valence electrons. The second-order valence-electron chi connectivity index (χ2n) is 3.19. The number of fused-ring (bicyclic) bond motifs is 1. The minimum absolute atomic E-state index is 0.0841. The summed E-state index contributed by atoms with van der Waals surface area (Å²) in [5.41, 5.74) is 6.05. The van der Waals surface area contributed by atoms with Crippen molar-refractivity contribution < 1.29 is 9.90 Å². The molecule has 0 aromatic carbocycles. The number of rotatable bonds is 3. The molecule has 0 fully saturated rings. The molecule has 0 unspecified atom stereocenters. The summed E-state index contributed by atoms with van der Waals surface area (Å²) < 4.78 is 1.52. The van der Waals surface area contributed by atoms with Crippen molar-refractivity contribution in [3.63, 3.8) is 0 Å². The van der Waals surface area contributed by atoms with Crippen molar-refractivity contribution in [2.75, 3.05) is 6.54 Å². The largest absolute Gasteiger partial charge is 0.477 e. The summed E-state index contributed by atoms with van der Waals surface area (Å²) in [7, 11) is 0. The van der Waals surface area contributed by atoms with Gasteiger partial charge in [0.05, 0.1) is 0 Å². The fourth-order valence-electron chi connectivity index (χ4n) is 1.55. The van der Waals surface area contributed by atoms with Gasteiger partial charge in [-0.3, -0.25) is 0 Å². The first kappa shape index (κ1) is 10.8. The maximum absolute atomic E-state index is 11.0. The fourth-order valence-corrected chi connectivity index (χ4v) is 1.68. The smallest absolute Gasteiger partial charge is 0.352 e. The minimum atomic E-state index is -1.03. The summed E-state index contributed by atoms with van der Waals surface area (Å²) in [6.07, 6.45) is 1.49. The quantitative estimate of drug-likeness (QED) is 0.772. The average Bonchev–Trinajstić information content (AvgIpc) is 2.58. The van der Waals surface area contributed by atoms with Gasteiger partial charge in [0, 0.05) is 24.7 Å². The highest BCUT2D eigenvalue weighted by atomic mass is 35.5. The Labute approximate surface area is 95.7 Å². The SMILES string of the molecule is NCCn1c(C(=O)O)cc2cnc(Cl)nc21. The van der Waals surface area contributed by atoms with Crippen LogP contribution in [0.2, 0.25) is 5.28 Å². The predicted octanol–water partition coefficient (Wildman–Crippen LogP) is 0.742. The second kappa shape index (κ2) is 4.07. The Morgan fingerprint density at radius 1 is 1.62 bits per heavy atom. The number of nitrogens with two attached hydrogens (primary N) is 1. The van der Waals surface area contributed by atoms with E-state index < -0.39 is 5.97 Å². The van der Waals surface area contributed by atoms with Crippen LogP contribution in [0.25, 0.3) is 11.0 Å². The van der Waals surface area contributed by atoms with Gasteiger partial charge in [0.25, 0.3) is 0 Å². The molecule has 0 spiro atoms. The normalized spacial score (nSPS) is 10.9. The van der Waals surface area contributed by atoms with E-state index in [9.17, 15) is 4.79 Å². The fraction of sp³-hybridized carbons (Fsp3) is 0.222. The lowest BCUT2D eigenvalue weighted by Gasteiger charge is -2.04. The van der Waals surface area contributed by atoms with E-state index in [1.807, 2.05) is 0 Å². The van der Waals surface area contributed by atoms with E-state index in [0.29, 0.717) is 24.1 Å². The van der Waals surface area contributed by atoms with Crippen LogP contribution in [0, 0.1) is 0 Å². The van der Waals surface area contributed by atoms with Gasteiger partial charge in [-0.05, 0) is 17.7 Å². The Morgan fingerprint density at radius 3 is 3.00 bits per heavy atom. The highest BCUT2D eigenvalue weighted by molar-refractivity contribution is 6.28. The highest BCUT2D eigenvalue weighted by Crippen LogP contribution is 2.18. The lowest BCUT2D eigenvalue weighted by Crippen LogP contribution is -2.15. The summed E-state index contributed by atoms with van der Waals surface area (Å²) in [5.74, 6) is -1.03. The Bertz CT molecular complexity index is 552. The molecule has 16 heavy (non-hydrogen) atoms. The van der Waals surface area contributed by atoms with Crippen LogP contribution in [0.15, 0.2) is 12.3 Å². The van der Waals surface area contributed by atoms with Crippen molar-refractivity contribution >= 4 is 28.6 Å². The third kappa shape index (κ3) is 1.72. The molecule has 6 nitrogen and oxygen atoms in total. The van der Waals surface area contributed by atoms with E-state index in [0.717, 1.165) is 0 Å². The Hall–Kier alpha value is -1.66. The Balaban J connectivity index is 2.71. The van der Waals surface area contributed by atoms with Crippen LogP contribution in [0.4, 0.5) is 0 Å². The molecule has 0 saturated heterocycles. The molecular weight excluding hydrogens is 232 g/mol. The van der Waals surface area contributed by atoms with Crippen LogP contribution in [-0.4, -0.2) is 32.2 Å². The molecular formula is C9H9ClN4O2. The average molecular weight is 241 g/mol. The van der Waals surface area contributed by atoms with Crippen molar-refractivity contribution in [1.82, 2.24) is 14.5 Å². The number of carbonyl (C=O) groups is 1. The van der Waals surface area contributed by atoms with Crippen LogP contribution in [-0.2, 0) is 6.54 Å². The van der Waals surface area contributed by atoms with Crippen molar-refractivity contribution in [1.29, 1.82) is 0 Å². The van der Waals surface area contributed by atoms with Gasteiger partial charge in [0.15, 0.2) is 0 Å². The van der Waals surface area contributed by atoms with Gasteiger partial charge in [-0.2, -0.15) is 4.98 Å². The third-order valence-electron chi connectivity index (χ3n) is 2.18. The van der Waals surface area contributed by atoms with E-state index in [4.69, 9.17) is 22.4 Å². The lowest BCUT2D eigenvalue weighted by molar-refractivity contribution is 0.0685. The number of carboxylic acid groups (broad SMARTS) is 1. The third-order valence-corrected chi connectivity index (χ3v) is 2.36. The van der Waals surface area contributed by atoms with E-state index in [2.05, 4.69) is 9.97 Å². The molecule has 0 bridgehead atoms. The molecule has 2 aromatic rings. The first-order valence-electron chi connectivity index (χ1n) is 4.58. The van der Waals surface area contributed by atoms with Crippen molar-refractivity contribution in [2.24, 2.45) is 5.73 Å². The van der Waals surface area contributed by atoms with E-state index in [-0.39, 0.29) is 11.0 Å². The van der Waals surface area contributed by atoms with Gasteiger partial charge in [-0.25, -0.2) is 9.78 Å². The van der Waals surface area contributed by atoms with Crippen LogP contribution in [0.3, 0.4) is 0 Å². The molecule has 0 saturated carbocycles. The van der Waals surface area contributed by atoms with Gasteiger partial charge in [-0.1, -0.05) is 0 Å². The first-order valence-corrected chi connectivity index (χ1v) is 4.96. The number of nitrogens with zero attached hydrogens (tertiary/aromatic N) is 3. The predicted molar refractivity (Wildman–Crippen MR) is 58.6 cm³/mol. The summed E-state index contributed by atoms with van der Waals surface area (Å²) in [5, 5.41) is 9.74. The van der Waals surface area contributed by atoms with E-state index in [1.165, 1.54) is 16.8 Å². The molecule has 0 atom stereocenters. The zero-order valence-electron chi connectivity index (χ0n) is 8.22. The van der Waals surface area contributed by atoms with Crippen LogP contribution >= 0.6 is 11.6 Å². The van der Waals surface area contributed by atoms with Gasteiger partial charge in [-0.15, -0.1) is 0 Å². The number of hydrogen-bond donors (Lipinski definition) is 2. The van der Waals surface area contributed by atoms with Gasteiger partial charge in [0.1, 0.15) is 11.3 Å². The van der Waals surface area contributed by atoms with Crippen molar-refractivity contribution in [2.45, 2.75) is 6.54 Å². The van der Waals surface area contributed by atoms with E-state index in [1.54, 1.807) is 0 Å². The zero-order valence-corrected chi connectivity index (χ0v) is 8.98. The molecule has 2 rings (SSSR count). The number of hydrogen-bond acceptors (Lipinski definition) is 4. The maximum atomic E-state index is 11.0. The zero-order chi connectivity index (χ0) is 11.7. The first-order chi connectivity index (χ1) is 7.63. The van der Waals surface area contributed by atoms with Crippen LogP contribution < -0.4 is 5.73 Å². The van der Waals surface area contributed by atoms with E-state index >= 15 is 0 Å². The molecule has 3 N–H and O–H groups in total. The van der Waals surface area contributed by atoms with Crippen molar-refractivity contribution in [3.8, 4) is 0 Å². The van der Waals surface area contributed by atoms with Gasteiger partial charge < -0.3 is 15.4 Å². The second-order valence-corrected chi connectivity index (χ2v) is 3.53. The summed E-state index contributed by atoms with van der Waals surface area (Å²) in [6.45, 7) is 0.699. The number of halogens is 1. The highest BCUT2D eigenvalue weighted by Gasteiger charge is 2.15. The molecule has 0 aliphatic rings. The van der Waals surface area contributed by atoms with Gasteiger partial charge >= 0.3 is 5.97 Å². The molecule has 0 radical (unpaired) electrons. The lowest BCUT2D eigenvalue weighted by atomic mass is 10.4. The summed E-state index contributed by atoms with van der Waals surface area (Å²) in [4.78, 5) is 18.8. The van der Waals surface area contributed by atoms with Crippen LogP contribution in [0.5, 0.6) is 0 Å². The molecule has 0 aliphatic carbocycles. The number of aromatic carboxylic acids is 1. The molecule has 0 aliphatic heterocycles. The standard InChI is InChI=1S/C9H9ClN4O2/c10-9-12-4-5-3-6(8(15)16)14(2-1-11)7(5)13-9/h3-4H,1-2,11H2,(H,15,16). The topological polar surface area (TPSA) is 94.0 Å². The summed E-state index contributed by atoms with van der Waals surface area (Å²) in [6, 6.07) is 1.50. The molecule has 7 heteroatoms. The van der Waals surface area contributed by atoms with Crippen LogP contribution in [0.1, 0.15) is 10.5 Å². The maximum Gasteiger partial charge on any atom is 0.352 e. The number of carboxylic acids is 1. The van der Waals surface area contributed by atoms with Crippen molar-refractivity contribution in [3.05, 3.63) is 23.2 Å². The Kier molecular flexibility index (Phi) is 2.76. The summed E-state index contributed by atoms with van der Waals surface area (Å²) >= 11 is 5.67. The monoisotopic (exact) mass is 240 g/mol. The number of aromatic nitrogens is 3. The Morgan fingerprint density at radius 2 is 2.38 bits per heavy atom. The molecule has 0 amide bonds.